The molecule has 0 saturated carbocycles. The predicted molar refractivity (Wildman–Crippen MR) is 150 cm³/mol. The Hall–Kier alpha value is -2.46. The van der Waals surface area contributed by atoms with Crippen molar-refractivity contribution >= 4 is 15.9 Å². The molecular weight excluding hydrogens is 516 g/mol. The summed E-state index contributed by atoms with van der Waals surface area (Å²) in [7, 11) is -2.13. The number of piperidine rings is 2. The molecule has 2 aromatic carbocycles. The number of ether oxygens (including phenoxy) is 2. The van der Waals surface area contributed by atoms with Crippen molar-refractivity contribution in [2.45, 2.75) is 75.3 Å². The van der Waals surface area contributed by atoms with E-state index in [-0.39, 0.29) is 31.6 Å². The van der Waals surface area contributed by atoms with Crippen molar-refractivity contribution in [1.29, 1.82) is 0 Å². The standard InChI is InChI=1S/C30H42N2O6S/c1-23-19-27(37-3)20-24(2)29(23)39(35,36)32-15-8-7-11-26(32)22-38-18-12-28(33)31-16-13-30(34,14-17-31)21-25-9-5-4-6-10-25/h4-6,9-10,19-20,26,34H,7-8,11-18,21-22H2,1-3H3. The highest BCUT2D eigenvalue weighted by molar-refractivity contribution is 7.89. The van der Waals surface area contributed by atoms with Gasteiger partial charge in [0.2, 0.25) is 15.9 Å². The Labute approximate surface area is 233 Å². The third-order valence-electron chi connectivity index (χ3n) is 8.00. The second-order valence-corrected chi connectivity index (χ2v) is 12.8. The summed E-state index contributed by atoms with van der Waals surface area (Å²) in [5, 5.41) is 11.0. The number of carbonyl (C=O) groups is 1. The maximum absolute atomic E-state index is 13.7. The highest BCUT2D eigenvalue weighted by atomic mass is 32.2. The summed E-state index contributed by atoms with van der Waals surface area (Å²) in [5.41, 5.74) is 1.65. The van der Waals surface area contributed by atoms with Gasteiger partial charge in [-0.15, -0.1) is 0 Å². The number of nitrogens with zero attached hydrogens (tertiary/aromatic N) is 2. The number of benzene rings is 2. The Morgan fingerprint density at radius 2 is 1.72 bits per heavy atom. The molecule has 2 heterocycles. The quantitative estimate of drug-likeness (QED) is 0.445. The fraction of sp³-hybridized carbons (Fsp3) is 0.567. The maximum atomic E-state index is 13.7. The molecule has 2 aliphatic rings. The van der Waals surface area contributed by atoms with Gasteiger partial charge in [0.25, 0.3) is 0 Å². The minimum Gasteiger partial charge on any atom is -0.497 e. The summed E-state index contributed by atoms with van der Waals surface area (Å²) in [6.45, 7) is 5.61. The van der Waals surface area contributed by atoms with E-state index in [1.54, 1.807) is 42.3 Å². The summed E-state index contributed by atoms with van der Waals surface area (Å²) in [4.78, 5) is 14.9. The number of aliphatic hydroxyl groups is 1. The van der Waals surface area contributed by atoms with Crippen LogP contribution in [0.25, 0.3) is 0 Å². The minimum atomic E-state index is -3.70. The summed E-state index contributed by atoms with van der Waals surface area (Å²) in [6.07, 6.45) is 4.42. The van der Waals surface area contributed by atoms with E-state index in [1.807, 2.05) is 30.3 Å². The molecule has 0 spiro atoms. The molecule has 39 heavy (non-hydrogen) atoms. The van der Waals surface area contributed by atoms with Crippen LogP contribution in [-0.4, -0.2) is 80.2 Å². The van der Waals surface area contributed by atoms with E-state index >= 15 is 0 Å². The van der Waals surface area contributed by atoms with Gasteiger partial charge in [-0.25, -0.2) is 8.42 Å². The normalized spacial score (nSPS) is 20.1. The van der Waals surface area contributed by atoms with Gasteiger partial charge in [-0.1, -0.05) is 36.8 Å². The minimum absolute atomic E-state index is 0.00867. The monoisotopic (exact) mass is 558 g/mol. The van der Waals surface area contributed by atoms with Gasteiger partial charge in [-0.2, -0.15) is 4.31 Å². The lowest BCUT2D eigenvalue weighted by atomic mass is 9.85. The van der Waals surface area contributed by atoms with Crippen molar-refractivity contribution < 1.29 is 27.8 Å². The van der Waals surface area contributed by atoms with Crippen molar-refractivity contribution in [3.05, 3.63) is 59.2 Å². The van der Waals surface area contributed by atoms with Crippen molar-refractivity contribution in [3.8, 4) is 5.75 Å². The van der Waals surface area contributed by atoms with E-state index < -0.39 is 15.6 Å². The molecule has 0 aliphatic carbocycles. The van der Waals surface area contributed by atoms with Gasteiger partial charge in [-0.05, 0) is 68.4 Å². The van der Waals surface area contributed by atoms with Crippen LogP contribution in [0.4, 0.5) is 0 Å². The molecular formula is C30H42N2O6S. The Morgan fingerprint density at radius 3 is 2.36 bits per heavy atom. The maximum Gasteiger partial charge on any atom is 0.243 e. The molecule has 1 atom stereocenters. The van der Waals surface area contributed by atoms with Crippen LogP contribution in [0.1, 0.15) is 55.2 Å². The highest BCUT2D eigenvalue weighted by Gasteiger charge is 2.36. The molecule has 4 rings (SSSR count). The second-order valence-electron chi connectivity index (χ2n) is 10.9. The molecule has 0 bridgehead atoms. The molecule has 8 nitrogen and oxygen atoms in total. The van der Waals surface area contributed by atoms with Crippen molar-refractivity contribution in [2.75, 3.05) is 40.0 Å². The molecule has 2 aliphatic heterocycles. The van der Waals surface area contributed by atoms with Crippen LogP contribution >= 0.6 is 0 Å². The van der Waals surface area contributed by atoms with E-state index in [9.17, 15) is 18.3 Å². The lowest BCUT2D eigenvalue weighted by Gasteiger charge is -2.38. The second kappa shape index (κ2) is 12.8. The van der Waals surface area contributed by atoms with Crippen LogP contribution in [0.15, 0.2) is 47.4 Å². The Bertz CT molecular complexity index is 1200. The van der Waals surface area contributed by atoms with Crippen molar-refractivity contribution in [1.82, 2.24) is 9.21 Å². The predicted octanol–water partition coefficient (Wildman–Crippen LogP) is 3.86. The third kappa shape index (κ3) is 7.20. The zero-order chi connectivity index (χ0) is 28.0. The lowest BCUT2D eigenvalue weighted by molar-refractivity contribution is -0.136. The van der Waals surface area contributed by atoms with E-state index in [4.69, 9.17) is 9.47 Å². The van der Waals surface area contributed by atoms with Crippen LogP contribution < -0.4 is 4.74 Å². The first kappa shape index (κ1) is 29.5. The molecule has 0 aromatic heterocycles. The molecule has 2 aromatic rings. The number of amides is 1. The van der Waals surface area contributed by atoms with Gasteiger partial charge >= 0.3 is 0 Å². The average Bonchev–Trinajstić information content (AvgIpc) is 2.91. The fourth-order valence-electron chi connectivity index (χ4n) is 5.87. The summed E-state index contributed by atoms with van der Waals surface area (Å²) < 4.78 is 40.2. The number of hydrogen-bond acceptors (Lipinski definition) is 6. The largest absolute Gasteiger partial charge is 0.497 e. The number of carbonyl (C=O) groups excluding carboxylic acids is 1. The van der Waals surface area contributed by atoms with Gasteiger partial charge in [0.15, 0.2) is 0 Å². The zero-order valence-electron chi connectivity index (χ0n) is 23.4. The number of hydrogen-bond donors (Lipinski definition) is 1. The summed E-state index contributed by atoms with van der Waals surface area (Å²) in [6, 6.07) is 13.2. The third-order valence-corrected chi connectivity index (χ3v) is 10.3. The summed E-state index contributed by atoms with van der Waals surface area (Å²) >= 11 is 0. The van der Waals surface area contributed by atoms with Gasteiger partial charge in [0.05, 0.1) is 37.2 Å². The topological polar surface area (TPSA) is 96.4 Å². The molecule has 1 N–H and O–H groups in total. The first-order chi connectivity index (χ1) is 18.6. The van der Waals surface area contributed by atoms with Crippen LogP contribution in [0.5, 0.6) is 5.75 Å². The van der Waals surface area contributed by atoms with E-state index in [2.05, 4.69) is 0 Å². The number of rotatable bonds is 10. The van der Waals surface area contributed by atoms with Gasteiger partial charge in [-0.3, -0.25) is 4.79 Å². The number of aryl methyl sites for hydroxylation is 2. The van der Waals surface area contributed by atoms with E-state index in [0.717, 1.165) is 24.8 Å². The van der Waals surface area contributed by atoms with Crippen LogP contribution in [0.2, 0.25) is 0 Å². The number of methoxy groups -OCH3 is 1. The molecule has 0 radical (unpaired) electrons. The molecule has 1 amide bonds. The van der Waals surface area contributed by atoms with Gasteiger partial charge in [0.1, 0.15) is 5.75 Å². The van der Waals surface area contributed by atoms with Crippen LogP contribution in [-0.2, 0) is 26.0 Å². The molecule has 9 heteroatoms. The number of likely N-dealkylation sites (tertiary alicyclic amines) is 1. The summed E-state index contributed by atoms with van der Waals surface area (Å²) in [5.74, 6) is 0.649. The Morgan fingerprint density at radius 1 is 1.05 bits per heavy atom. The Balaban J connectivity index is 1.27. The fourth-order valence-corrected chi connectivity index (χ4v) is 7.97. The van der Waals surface area contributed by atoms with Gasteiger partial charge < -0.3 is 19.5 Å². The van der Waals surface area contributed by atoms with Crippen LogP contribution in [0, 0.1) is 13.8 Å². The first-order valence-electron chi connectivity index (χ1n) is 13.9. The van der Waals surface area contributed by atoms with Crippen molar-refractivity contribution in [2.24, 2.45) is 0 Å². The van der Waals surface area contributed by atoms with Crippen LogP contribution in [0.3, 0.4) is 0 Å². The molecule has 1 unspecified atom stereocenters. The van der Waals surface area contributed by atoms with E-state index in [1.165, 1.54) is 0 Å². The average molecular weight is 559 g/mol. The molecule has 2 fully saturated rings. The smallest absolute Gasteiger partial charge is 0.243 e. The lowest BCUT2D eigenvalue weighted by Crippen LogP contribution is -2.48. The SMILES string of the molecule is COc1cc(C)c(S(=O)(=O)N2CCCCC2COCCC(=O)N2CCC(O)(Cc3ccccc3)CC2)c(C)c1. The number of sulfonamides is 1. The van der Waals surface area contributed by atoms with Crippen molar-refractivity contribution in [3.63, 3.8) is 0 Å². The Kier molecular flexibility index (Phi) is 9.69. The van der Waals surface area contributed by atoms with Gasteiger partial charge in [0, 0.05) is 32.1 Å². The molecule has 2 saturated heterocycles. The zero-order valence-corrected chi connectivity index (χ0v) is 24.2. The van der Waals surface area contributed by atoms with E-state index in [0.29, 0.717) is 60.7 Å². The first-order valence-corrected chi connectivity index (χ1v) is 15.4. The highest BCUT2D eigenvalue weighted by Crippen LogP contribution is 2.32. The molecule has 214 valence electrons.